The van der Waals surface area contributed by atoms with Gasteiger partial charge in [-0.05, 0) is 61.0 Å². The molecular formula is C22H24N2O5S2. The number of benzene rings is 2. The van der Waals surface area contributed by atoms with E-state index in [-0.39, 0.29) is 16.0 Å². The van der Waals surface area contributed by atoms with Crippen molar-refractivity contribution in [2.45, 2.75) is 25.2 Å². The second-order valence-electron chi connectivity index (χ2n) is 6.61. The summed E-state index contributed by atoms with van der Waals surface area (Å²) in [6, 6.07) is 11.8. The maximum atomic E-state index is 12.9. The monoisotopic (exact) mass is 460 g/mol. The van der Waals surface area contributed by atoms with Gasteiger partial charge in [-0.1, -0.05) is 19.1 Å². The fourth-order valence-corrected chi connectivity index (χ4v) is 5.22. The lowest BCUT2D eigenvalue weighted by molar-refractivity contribution is -0.122. The summed E-state index contributed by atoms with van der Waals surface area (Å²) in [5.74, 6) is 0.861. The maximum absolute atomic E-state index is 12.9. The Bertz CT molecular complexity index is 1140. The first-order chi connectivity index (χ1) is 14.8. The van der Waals surface area contributed by atoms with E-state index in [2.05, 4.69) is 4.40 Å². The number of amides is 1. The number of aryl methyl sites for hydroxylation is 1. The zero-order chi connectivity index (χ0) is 22.6. The predicted molar refractivity (Wildman–Crippen MR) is 123 cm³/mol. The van der Waals surface area contributed by atoms with Crippen molar-refractivity contribution < 1.29 is 22.7 Å². The molecule has 1 fully saturated rings. The Labute approximate surface area is 186 Å². The van der Waals surface area contributed by atoms with Gasteiger partial charge in [0.2, 0.25) is 0 Å². The average Bonchev–Trinajstić information content (AvgIpc) is 3.07. The molecule has 7 nitrogen and oxygen atoms in total. The van der Waals surface area contributed by atoms with Crippen LogP contribution in [0, 0.1) is 0 Å². The van der Waals surface area contributed by atoms with E-state index in [1.54, 1.807) is 50.4 Å². The maximum Gasteiger partial charge on any atom is 0.284 e. The van der Waals surface area contributed by atoms with Crippen LogP contribution in [-0.2, 0) is 21.2 Å². The minimum Gasteiger partial charge on any atom is -0.497 e. The molecular weight excluding hydrogens is 436 g/mol. The molecule has 0 spiro atoms. The average molecular weight is 461 g/mol. The Morgan fingerprint density at radius 3 is 2.35 bits per heavy atom. The highest BCUT2D eigenvalue weighted by molar-refractivity contribution is 8.19. The molecule has 0 radical (unpaired) electrons. The summed E-state index contributed by atoms with van der Waals surface area (Å²) in [5, 5.41) is 0.130. The first-order valence-corrected chi connectivity index (χ1v) is 12.0. The molecule has 1 aliphatic rings. The van der Waals surface area contributed by atoms with Crippen molar-refractivity contribution in [2.24, 2.45) is 4.40 Å². The van der Waals surface area contributed by atoms with Crippen LogP contribution in [0.25, 0.3) is 6.08 Å². The van der Waals surface area contributed by atoms with Gasteiger partial charge in [-0.2, -0.15) is 8.42 Å². The van der Waals surface area contributed by atoms with Crippen molar-refractivity contribution in [2.75, 3.05) is 20.8 Å². The predicted octanol–water partition coefficient (Wildman–Crippen LogP) is 3.95. The first-order valence-electron chi connectivity index (χ1n) is 9.70. The van der Waals surface area contributed by atoms with Crippen molar-refractivity contribution in [3.63, 3.8) is 0 Å². The quantitative estimate of drug-likeness (QED) is 0.582. The standard InChI is InChI=1S/C22H24N2O5S2/c1-5-15-7-11-18(12-8-15)31(26,27)23-22-24(6-2)21(25)20(30-22)13-16-9-10-17(28-3)14-19(16)29-4/h7-14H,5-6H2,1-4H3/b20-13-,23-22-. The lowest BCUT2D eigenvalue weighted by Gasteiger charge is -2.12. The molecule has 2 aromatic carbocycles. The van der Waals surface area contributed by atoms with E-state index >= 15 is 0 Å². The molecule has 1 saturated heterocycles. The number of rotatable bonds is 7. The van der Waals surface area contributed by atoms with E-state index in [1.807, 2.05) is 6.92 Å². The number of carbonyl (C=O) groups is 1. The van der Waals surface area contributed by atoms with Gasteiger partial charge < -0.3 is 9.47 Å². The van der Waals surface area contributed by atoms with Crippen molar-refractivity contribution in [3.05, 3.63) is 58.5 Å². The summed E-state index contributed by atoms with van der Waals surface area (Å²) >= 11 is 1.03. The topological polar surface area (TPSA) is 85.3 Å². The molecule has 9 heteroatoms. The normalized spacial score (nSPS) is 16.9. The van der Waals surface area contributed by atoms with Crippen LogP contribution in [0.4, 0.5) is 0 Å². The zero-order valence-corrected chi connectivity index (χ0v) is 19.4. The van der Waals surface area contributed by atoms with Gasteiger partial charge in [0.1, 0.15) is 11.5 Å². The number of hydrogen-bond donors (Lipinski definition) is 0. The Balaban J connectivity index is 1.96. The molecule has 0 unspecified atom stereocenters. The van der Waals surface area contributed by atoms with E-state index in [4.69, 9.17) is 9.47 Å². The number of ether oxygens (including phenoxy) is 2. The number of likely N-dealkylation sites (N-methyl/N-ethyl adjacent to an activating group) is 1. The third kappa shape index (κ3) is 4.94. The molecule has 164 valence electrons. The summed E-state index contributed by atoms with van der Waals surface area (Å²) in [5.41, 5.74) is 1.71. The number of carbonyl (C=O) groups excluding carboxylic acids is 1. The molecule has 2 aromatic rings. The van der Waals surface area contributed by atoms with Crippen LogP contribution in [-0.4, -0.2) is 45.2 Å². The molecule has 1 aliphatic heterocycles. The summed E-state index contributed by atoms with van der Waals surface area (Å²) in [6.07, 6.45) is 2.48. The highest BCUT2D eigenvalue weighted by Crippen LogP contribution is 2.36. The molecule has 1 amide bonds. The van der Waals surface area contributed by atoms with Gasteiger partial charge in [0, 0.05) is 18.2 Å². The van der Waals surface area contributed by atoms with E-state index < -0.39 is 10.0 Å². The number of hydrogen-bond acceptors (Lipinski definition) is 6. The molecule has 0 bridgehead atoms. The van der Waals surface area contributed by atoms with Crippen molar-refractivity contribution in [1.82, 2.24) is 4.90 Å². The molecule has 0 atom stereocenters. The number of amidine groups is 1. The first kappa shape index (κ1) is 22.9. The minimum absolute atomic E-state index is 0.0931. The number of thioether (sulfide) groups is 1. The fraction of sp³-hybridized carbons (Fsp3) is 0.273. The second-order valence-corrected chi connectivity index (χ2v) is 9.23. The fourth-order valence-electron chi connectivity index (χ4n) is 2.99. The van der Waals surface area contributed by atoms with Gasteiger partial charge in [-0.15, -0.1) is 4.40 Å². The van der Waals surface area contributed by atoms with Gasteiger partial charge in [0.15, 0.2) is 5.17 Å². The highest BCUT2D eigenvalue weighted by atomic mass is 32.2. The van der Waals surface area contributed by atoms with Gasteiger partial charge in [-0.25, -0.2) is 0 Å². The zero-order valence-electron chi connectivity index (χ0n) is 17.8. The van der Waals surface area contributed by atoms with Crippen LogP contribution in [0.2, 0.25) is 0 Å². The van der Waals surface area contributed by atoms with Crippen LogP contribution >= 0.6 is 11.8 Å². The molecule has 0 aliphatic carbocycles. The van der Waals surface area contributed by atoms with Crippen molar-refractivity contribution in [3.8, 4) is 11.5 Å². The molecule has 1 heterocycles. The molecule has 31 heavy (non-hydrogen) atoms. The van der Waals surface area contributed by atoms with Crippen LogP contribution in [0.3, 0.4) is 0 Å². The Morgan fingerprint density at radius 2 is 1.77 bits per heavy atom. The Morgan fingerprint density at radius 1 is 1.06 bits per heavy atom. The third-order valence-corrected chi connectivity index (χ3v) is 7.16. The van der Waals surface area contributed by atoms with Gasteiger partial charge in [0.25, 0.3) is 15.9 Å². The second kappa shape index (κ2) is 9.57. The molecule has 0 saturated carbocycles. The number of methoxy groups -OCH3 is 2. The number of nitrogens with zero attached hydrogens (tertiary/aromatic N) is 2. The number of sulfonamides is 1. The van der Waals surface area contributed by atoms with E-state index in [1.165, 1.54) is 24.1 Å². The van der Waals surface area contributed by atoms with Gasteiger partial charge in [0.05, 0.1) is 24.0 Å². The third-order valence-electron chi connectivity index (χ3n) is 4.76. The van der Waals surface area contributed by atoms with Crippen LogP contribution in [0.1, 0.15) is 25.0 Å². The van der Waals surface area contributed by atoms with Crippen LogP contribution in [0.15, 0.2) is 56.7 Å². The summed E-state index contributed by atoms with van der Waals surface area (Å²) in [6.45, 7) is 4.06. The summed E-state index contributed by atoms with van der Waals surface area (Å²) < 4.78 is 40.1. The van der Waals surface area contributed by atoms with Gasteiger partial charge >= 0.3 is 0 Å². The van der Waals surface area contributed by atoms with Crippen LogP contribution in [0.5, 0.6) is 11.5 Å². The molecule has 3 rings (SSSR count). The van der Waals surface area contributed by atoms with E-state index in [0.717, 1.165) is 23.7 Å². The van der Waals surface area contributed by atoms with E-state index in [9.17, 15) is 13.2 Å². The smallest absolute Gasteiger partial charge is 0.284 e. The SMILES string of the molecule is CCc1ccc(S(=O)(=O)/N=C2\S/C(=C\c3ccc(OC)cc3OC)C(=O)N2CC)cc1. The summed E-state index contributed by atoms with van der Waals surface area (Å²) in [4.78, 5) is 14.7. The highest BCUT2D eigenvalue weighted by Gasteiger charge is 2.34. The Kier molecular flexibility index (Phi) is 7.07. The molecule has 0 aromatic heterocycles. The minimum atomic E-state index is -3.95. The summed E-state index contributed by atoms with van der Waals surface area (Å²) in [7, 11) is -0.862. The lowest BCUT2D eigenvalue weighted by atomic mass is 10.1. The lowest BCUT2D eigenvalue weighted by Crippen LogP contribution is -2.29. The largest absolute Gasteiger partial charge is 0.497 e. The van der Waals surface area contributed by atoms with Gasteiger partial charge in [-0.3, -0.25) is 9.69 Å². The van der Waals surface area contributed by atoms with E-state index in [0.29, 0.717) is 28.5 Å². The Hall–Kier alpha value is -2.78. The molecule has 0 N–H and O–H groups in total. The van der Waals surface area contributed by atoms with Crippen LogP contribution < -0.4 is 9.47 Å². The van der Waals surface area contributed by atoms with Crippen molar-refractivity contribution in [1.29, 1.82) is 0 Å². The van der Waals surface area contributed by atoms with Crippen molar-refractivity contribution >= 4 is 38.9 Å².